The van der Waals surface area contributed by atoms with Gasteiger partial charge >= 0.3 is 5.97 Å². The van der Waals surface area contributed by atoms with E-state index in [1.807, 2.05) is 0 Å². The minimum absolute atomic E-state index is 0.229. The predicted octanol–water partition coefficient (Wildman–Crippen LogP) is 0.906. The first-order valence-corrected chi connectivity index (χ1v) is 4.68. The largest absolute Gasteiger partial charge is 0.504 e. The molecule has 0 saturated carbocycles. The van der Waals surface area contributed by atoms with Gasteiger partial charge in [-0.2, -0.15) is 8.78 Å². The van der Waals surface area contributed by atoms with Crippen LogP contribution in [-0.4, -0.2) is 33.9 Å². The number of benzene rings is 1. The molecule has 94 valence electrons. The van der Waals surface area contributed by atoms with Crippen LogP contribution in [0.15, 0.2) is 18.2 Å². The van der Waals surface area contributed by atoms with Crippen molar-refractivity contribution in [2.75, 3.05) is 0 Å². The van der Waals surface area contributed by atoms with Gasteiger partial charge in [0.05, 0.1) is 0 Å². The molecule has 1 aromatic carbocycles. The number of carboxylic acids is 1. The van der Waals surface area contributed by atoms with E-state index < -0.39 is 24.3 Å². The average Bonchev–Trinajstić information content (AvgIpc) is 2.21. The zero-order chi connectivity index (χ0) is 13.0. The molecule has 1 rings (SSSR count). The molecule has 0 fully saturated rings. The fourth-order valence-corrected chi connectivity index (χ4v) is 1.30. The van der Waals surface area contributed by atoms with Gasteiger partial charge in [0.1, 0.15) is 6.04 Å². The van der Waals surface area contributed by atoms with Crippen molar-refractivity contribution in [2.24, 2.45) is 0 Å². The van der Waals surface area contributed by atoms with Gasteiger partial charge in [-0.1, -0.05) is 6.07 Å². The summed E-state index contributed by atoms with van der Waals surface area (Å²) in [5.41, 5.74) is 0.320. The third-order valence-electron chi connectivity index (χ3n) is 2.10. The highest BCUT2D eigenvalue weighted by Crippen LogP contribution is 2.25. The minimum Gasteiger partial charge on any atom is -0.504 e. The van der Waals surface area contributed by atoms with Crippen LogP contribution in [0.25, 0.3) is 0 Å². The Morgan fingerprint density at radius 2 is 1.94 bits per heavy atom. The van der Waals surface area contributed by atoms with E-state index in [0.29, 0.717) is 5.56 Å². The molecule has 0 spiro atoms. The van der Waals surface area contributed by atoms with Crippen LogP contribution in [0.5, 0.6) is 11.5 Å². The number of alkyl halides is 2. The second-order valence-corrected chi connectivity index (χ2v) is 3.39. The topological polar surface area (TPSA) is 89.8 Å². The summed E-state index contributed by atoms with van der Waals surface area (Å²) in [5.74, 6) is -2.20. The van der Waals surface area contributed by atoms with Crippen LogP contribution < -0.4 is 5.32 Å². The van der Waals surface area contributed by atoms with Gasteiger partial charge in [-0.25, -0.2) is 5.32 Å². The Morgan fingerprint density at radius 1 is 1.29 bits per heavy atom. The molecule has 0 aromatic heterocycles. The van der Waals surface area contributed by atoms with Gasteiger partial charge in [-0.3, -0.25) is 4.79 Å². The number of halogens is 2. The molecule has 1 atom stereocenters. The highest BCUT2D eigenvalue weighted by atomic mass is 19.3. The van der Waals surface area contributed by atoms with Crippen LogP contribution in [0.4, 0.5) is 8.78 Å². The molecule has 1 unspecified atom stereocenters. The summed E-state index contributed by atoms with van der Waals surface area (Å²) < 4.78 is 24.1. The van der Waals surface area contributed by atoms with Crippen molar-refractivity contribution in [1.29, 1.82) is 0 Å². The molecule has 1 aromatic rings. The number of phenolic OH excluding ortho intramolecular Hbond substituents is 2. The van der Waals surface area contributed by atoms with Crippen molar-refractivity contribution >= 4 is 5.97 Å². The summed E-state index contributed by atoms with van der Waals surface area (Å²) in [4.78, 5) is 10.7. The molecule has 0 aliphatic heterocycles. The molecule has 0 saturated heterocycles. The summed E-state index contributed by atoms with van der Waals surface area (Å²) in [6.45, 7) is -2.94. The first-order valence-electron chi connectivity index (χ1n) is 4.68. The predicted molar refractivity (Wildman–Crippen MR) is 54.0 cm³/mol. The second-order valence-electron chi connectivity index (χ2n) is 3.39. The van der Waals surface area contributed by atoms with Gasteiger partial charge in [0.2, 0.25) is 0 Å². The van der Waals surface area contributed by atoms with Gasteiger partial charge in [-0.15, -0.1) is 0 Å². The molecular formula is C10H11F2NO4. The van der Waals surface area contributed by atoms with Crippen molar-refractivity contribution in [3.63, 3.8) is 0 Å². The number of phenols is 2. The highest BCUT2D eigenvalue weighted by molar-refractivity contribution is 5.74. The fourth-order valence-electron chi connectivity index (χ4n) is 1.30. The highest BCUT2D eigenvalue weighted by Gasteiger charge is 2.21. The number of carboxylic acid groups (broad SMARTS) is 1. The van der Waals surface area contributed by atoms with E-state index in [2.05, 4.69) is 0 Å². The Labute approximate surface area is 95.3 Å². The van der Waals surface area contributed by atoms with Gasteiger partial charge in [0.15, 0.2) is 11.5 Å². The number of nitrogens with one attached hydrogen (secondary N) is 1. The first-order chi connectivity index (χ1) is 7.90. The smallest absolute Gasteiger partial charge is 0.321 e. The van der Waals surface area contributed by atoms with Crippen molar-refractivity contribution in [3.05, 3.63) is 23.8 Å². The van der Waals surface area contributed by atoms with E-state index >= 15 is 0 Å². The van der Waals surface area contributed by atoms with Crippen LogP contribution in [-0.2, 0) is 11.2 Å². The third-order valence-corrected chi connectivity index (χ3v) is 2.10. The maximum atomic E-state index is 12.0. The normalized spacial score (nSPS) is 12.6. The maximum absolute atomic E-state index is 12.0. The molecule has 7 heteroatoms. The van der Waals surface area contributed by atoms with Crippen LogP contribution in [0.2, 0.25) is 0 Å². The Kier molecular flexibility index (Phi) is 4.22. The number of aliphatic carboxylic acids is 1. The number of aromatic hydroxyl groups is 2. The summed E-state index contributed by atoms with van der Waals surface area (Å²) in [7, 11) is 0. The monoisotopic (exact) mass is 247 g/mol. The van der Waals surface area contributed by atoms with Crippen LogP contribution in [0.3, 0.4) is 0 Å². The van der Waals surface area contributed by atoms with E-state index in [9.17, 15) is 13.6 Å². The van der Waals surface area contributed by atoms with Crippen molar-refractivity contribution in [3.8, 4) is 11.5 Å². The fraction of sp³-hybridized carbons (Fsp3) is 0.300. The molecule has 0 aliphatic carbocycles. The molecule has 0 bridgehead atoms. The molecule has 4 N–H and O–H groups in total. The Morgan fingerprint density at radius 3 is 2.41 bits per heavy atom. The quantitative estimate of drug-likeness (QED) is 0.458. The summed E-state index contributed by atoms with van der Waals surface area (Å²) >= 11 is 0. The lowest BCUT2D eigenvalue weighted by Crippen LogP contribution is -2.41. The lowest BCUT2D eigenvalue weighted by Gasteiger charge is -2.14. The third kappa shape index (κ3) is 3.87. The molecule has 0 heterocycles. The lowest BCUT2D eigenvalue weighted by atomic mass is 10.1. The first kappa shape index (κ1) is 13.2. The Bertz CT molecular complexity index is 411. The number of hydrogen-bond donors (Lipinski definition) is 4. The zero-order valence-electron chi connectivity index (χ0n) is 8.60. The number of rotatable bonds is 5. The maximum Gasteiger partial charge on any atom is 0.321 e. The molecule has 0 aliphatic rings. The number of hydrogen-bond acceptors (Lipinski definition) is 4. The molecule has 17 heavy (non-hydrogen) atoms. The van der Waals surface area contributed by atoms with Crippen LogP contribution in [0, 0.1) is 0 Å². The van der Waals surface area contributed by atoms with E-state index in [-0.39, 0.29) is 12.2 Å². The van der Waals surface area contributed by atoms with E-state index in [1.165, 1.54) is 6.07 Å². The minimum atomic E-state index is -2.94. The molecule has 0 radical (unpaired) electrons. The molecule has 0 amide bonds. The SMILES string of the molecule is O=C(O)C(Cc1ccc(O)c(O)c1)NC(F)F. The Hall–Kier alpha value is -1.89. The van der Waals surface area contributed by atoms with E-state index in [1.54, 1.807) is 5.32 Å². The second kappa shape index (κ2) is 5.44. The number of carbonyl (C=O) groups is 1. The molecular weight excluding hydrogens is 236 g/mol. The van der Waals surface area contributed by atoms with Gasteiger partial charge in [0, 0.05) is 0 Å². The zero-order valence-corrected chi connectivity index (χ0v) is 8.60. The lowest BCUT2D eigenvalue weighted by molar-refractivity contribution is -0.140. The van der Waals surface area contributed by atoms with Crippen molar-refractivity contribution < 1.29 is 28.9 Å². The van der Waals surface area contributed by atoms with Crippen LogP contribution >= 0.6 is 0 Å². The Balaban J connectivity index is 2.78. The summed E-state index contributed by atoms with van der Waals surface area (Å²) in [6.07, 6.45) is -0.229. The van der Waals surface area contributed by atoms with Crippen LogP contribution in [0.1, 0.15) is 5.56 Å². The van der Waals surface area contributed by atoms with E-state index in [4.69, 9.17) is 15.3 Å². The molecule has 5 nitrogen and oxygen atoms in total. The average molecular weight is 247 g/mol. The standard InChI is InChI=1S/C10H11F2NO4/c11-10(12)13-6(9(16)17)3-5-1-2-7(14)8(15)4-5/h1-2,4,6,10,13-15H,3H2,(H,16,17). The van der Waals surface area contributed by atoms with E-state index in [0.717, 1.165) is 12.1 Å². The summed E-state index contributed by atoms with van der Waals surface area (Å²) in [5, 5.41) is 28.5. The summed E-state index contributed by atoms with van der Waals surface area (Å²) in [6, 6.07) is 2.17. The van der Waals surface area contributed by atoms with Crippen molar-refractivity contribution in [1.82, 2.24) is 5.32 Å². The van der Waals surface area contributed by atoms with Gasteiger partial charge in [-0.05, 0) is 24.1 Å². The van der Waals surface area contributed by atoms with Gasteiger partial charge in [0.25, 0.3) is 6.55 Å². The van der Waals surface area contributed by atoms with Crippen molar-refractivity contribution in [2.45, 2.75) is 19.0 Å². The van der Waals surface area contributed by atoms with Gasteiger partial charge < -0.3 is 15.3 Å².